The molecule has 0 atom stereocenters. The molecule has 0 aromatic heterocycles. The molecule has 3 rings (SSSR count). The van der Waals surface area contributed by atoms with E-state index in [1.807, 2.05) is 12.1 Å². The Labute approximate surface area is 167 Å². The van der Waals surface area contributed by atoms with Crippen LogP contribution in [0.4, 0.5) is 10.5 Å². The molecular formula is C18H13IN2O4S. The largest absolute Gasteiger partial charge is 0.508 e. The molecule has 0 unspecified atom stereocenters. The first-order valence-electron chi connectivity index (χ1n) is 7.52. The molecule has 6 nitrogen and oxygen atoms in total. The smallest absolute Gasteiger partial charge is 0.294 e. The van der Waals surface area contributed by atoms with Gasteiger partial charge in [0, 0.05) is 9.26 Å². The number of amides is 3. The van der Waals surface area contributed by atoms with Gasteiger partial charge in [0.25, 0.3) is 11.1 Å². The molecule has 2 N–H and O–H groups in total. The van der Waals surface area contributed by atoms with Gasteiger partial charge in [-0.15, -0.1) is 0 Å². The van der Waals surface area contributed by atoms with Crippen molar-refractivity contribution in [3.63, 3.8) is 0 Å². The van der Waals surface area contributed by atoms with Crippen LogP contribution in [-0.4, -0.2) is 33.6 Å². The van der Waals surface area contributed by atoms with Gasteiger partial charge in [0.1, 0.15) is 12.3 Å². The van der Waals surface area contributed by atoms with Crippen molar-refractivity contribution in [2.24, 2.45) is 0 Å². The summed E-state index contributed by atoms with van der Waals surface area (Å²) >= 11 is 2.92. The summed E-state index contributed by atoms with van der Waals surface area (Å²) in [6.45, 7) is -0.353. The Morgan fingerprint density at radius 3 is 2.62 bits per heavy atom. The lowest BCUT2D eigenvalue weighted by Gasteiger charge is -2.12. The number of halogens is 1. The number of carbonyl (C=O) groups is 3. The van der Waals surface area contributed by atoms with E-state index in [1.54, 1.807) is 24.3 Å². The summed E-state index contributed by atoms with van der Waals surface area (Å²) in [5, 5.41) is 11.6. The monoisotopic (exact) mass is 480 g/mol. The van der Waals surface area contributed by atoms with Crippen molar-refractivity contribution in [1.82, 2.24) is 4.90 Å². The Kier molecular flexibility index (Phi) is 5.62. The van der Waals surface area contributed by atoms with Crippen LogP contribution in [0.15, 0.2) is 53.4 Å². The third-order valence-electron chi connectivity index (χ3n) is 3.47. The highest BCUT2D eigenvalue weighted by Crippen LogP contribution is 2.32. The summed E-state index contributed by atoms with van der Waals surface area (Å²) < 4.78 is 1.03. The Hall–Kier alpha value is -2.33. The number of rotatable bonds is 4. The van der Waals surface area contributed by atoms with Gasteiger partial charge in [-0.25, -0.2) is 0 Å². The van der Waals surface area contributed by atoms with E-state index >= 15 is 0 Å². The molecule has 2 aromatic rings. The van der Waals surface area contributed by atoms with Crippen LogP contribution in [0.2, 0.25) is 0 Å². The first-order valence-corrected chi connectivity index (χ1v) is 9.42. The van der Waals surface area contributed by atoms with E-state index in [0.717, 1.165) is 20.2 Å². The van der Waals surface area contributed by atoms with Crippen LogP contribution in [0, 0.1) is 3.57 Å². The molecule has 0 spiro atoms. The first kappa shape index (κ1) is 18.5. The van der Waals surface area contributed by atoms with Crippen molar-refractivity contribution in [3.05, 3.63) is 62.6 Å². The van der Waals surface area contributed by atoms with E-state index in [4.69, 9.17) is 0 Å². The summed E-state index contributed by atoms with van der Waals surface area (Å²) in [6.07, 6.45) is 1.52. The quantitative estimate of drug-likeness (QED) is 0.516. The zero-order chi connectivity index (χ0) is 18.7. The second kappa shape index (κ2) is 7.92. The topological polar surface area (TPSA) is 86.7 Å². The first-order chi connectivity index (χ1) is 12.4. The molecule has 1 aliphatic heterocycles. The maximum atomic E-state index is 12.4. The molecule has 0 saturated carbocycles. The van der Waals surface area contributed by atoms with Crippen molar-refractivity contribution in [2.45, 2.75) is 0 Å². The fourth-order valence-electron chi connectivity index (χ4n) is 2.28. The van der Waals surface area contributed by atoms with Gasteiger partial charge in [0.2, 0.25) is 5.91 Å². The van der Waals surface area contributed by atoms with Gasteiger partial charge >= 0.3 is 0 Å². The average molecular weight is 480 g/mol. The van der Waals surface area contributed by atoms with Crippen LogP contribution in [0.25, 0.3) is 6.08 Å². The summed E-state index contributed by atoms with van der Waals surface area (Å²) in [7, 11) is 0. The molecule has 3 amide bonds. The number of nitrogens with one attached hydrogen (secondary N) is 1. The van der Waals surface area contributed by atoms with Crippen molar-refractivity contribution < 1.29 is 19.5 Å². The minimum Gasteiger partial charge on any atom is -0.508 e. The number of aromatic hydroxyl groups is 1. The maximum Gasteiger partial charge on any atom is 0.294 e. The van der Waals surface area contributed by atoms with Crippen LogP contribution in [0.3, 0.4) is 0 Å². The fourth-order valence-corrected chi connectivity index (χ4v) is 3.48. The Morgan fingerprint density at radius 2 is 1.92 bits per heavy atom. The molecule has 2 aromatic carbocycles. The van der Waals surface area contributed by atoms with E-state index in [0.29, 0.717) is 11.3 Å². The van der Waals surface area contributed by atoms with E-state index in [9.17, 15) is 19.5 Å². The number of hydrogen-bond acceptors (Lipinski definition) is 5. The molecular weight excluding hydrogens is 467 g/mol. The number of carbonyl (C=O) groups excluding carboxylic acids is 3. The fraction of sp³-hybridized carbons (Fsp3) is 0.0556. The van der Waals surface area contributed by atoms with E-state index in [-0.39, 0.29) is 17.2 Å². The third-order valence-corrected chi connectivity index (χ3v) is 5.10. The van der Waals surface area contributed by atoms with E-state index in [2.05, 4.69) is 27.9 Å². The Bertz CT molecular complexity index is 912. The van der Waals surface area contributed by atoms with E-state index < -0.39 is 17.1 Å². The molecule has 8 heteroatoms. The van der Waals surface area contributed by atoms with Gasteiger partial charge in [-0.2, -0.15) is 0 Å². The number of imide groups is 1. The van der Waals surface area contributed by atoms with Crippen LogP contribution < -0.4 is 5.32 Å². The summed E-state index contributed by atoms with van der Waals surface area (Å²) in [5.74, 6) is -0.914. The van der Waals surface area contributed by atoms with E-state index in [1.165, 1.54) is 18.2 Å². The number of thioether (sulfide) groups is 1. The second-order valence-corrected chi connectivity index (χ2v) is 7.66. The second-order valence-electron chi connectivity index (χ2n) is 5.42. The lowest BCUT2D eigenvalue weighted by molar-refractivity contribution is -0.127. The third kappa shape index (κ3) is 4.44. The van der Waals surface area contributed by atoms with Crippen molar-refractivity contribution in [1.29, 1.82) is 0 Å². The Balaban J connectivity index is 1.69. The zero-order valence-corrected chi connectivity index (χ0v) is 16.3. The van der Waals surface area contributed by atoms with Crippen molar-refractivity contribution in [3.8, 4) is 5.75 Å². The predicted molar refractivity (Wildman–Crippen MR) is 109 cm³/mol. The molecule has 1 heterocycles. The van der Waals surface area contributed by atoms with Crippen LogP contribution >= 0.6 is 34.4 Å². The summed E-state index contributed by atoms with van der Waals surface area (Å²) in [4.78, 5) is 37.7. The summed E-state index contributed by atoms with van der Waals surface area (Å²) in [6, 6.07) is 13.5. The van der Waals surface area contributed by atoms with Gasteiger partial charge < -0.3 is 10.4 Å². The molecule has 0 bridgehead atoms. The number of phenols is 1. The normalized spacial score (nSPS) is 15.6. The number of benzene rings is 2. The SMILES string of the molecule is O=C(CN1C(=O)S/C(=C/c2cccc(O)c2)C1=O)Nc1ccc(I)cc1. The maximum absolute atomic E-state index is 12.4. The lowest BCUT2D eigenvalue weighted by Crippen LogP contribution is -2.36. The number of hydrogen-bond donors (Lipinski definition) is 2. The van der Waals surface area contributed by atoms with Crippen molar-refractivity contribution >= 4 is 63.2 Å². The van der Waals surface area contributed by atoms with Crippen molar-refractivity contribution in [2.75, 3.05) is 11.9 Å². The molecule has 26 heavy (non-hydrogen) atoms. The molecule has 1 fully saturated rings. The summed E-state index contributed by atoms with van der Waals surface area (Å²) in [5.41, 5.74) is 1.19. The highest BCUT2D eigenvalue weighted by Gasteiger charge is 2.36. The number of phenolic OH excluding ortho intramolecular Hbond substituents is 1. The predicted octanol–water partition coefficient (Wildman–Crippen LogP) is 3.67. The minimum atomic E-state index is -0.527. The Morgan fingerprint density at radius 1 is 1.19 bits per heavy atom. The zero-order valence-electron chi connectivity index (χ0n) is 13.3. The minimum absolute atomic E-state index is 0.0647. The van der Waals surface area contributed by atoms with Crippen LogP contribution in [-0.2, 0) is 9.59 Å². The number of anilines is 1. The van der Waals surface area contributed by atoms with Gasteiger partial charge in [0.15, 0.2) is 0 Å². The molecule has 0 radical (unpaired) electrons. The van der Waals surface area contributed by atoms with Gasteiger partial charge in [0.05, 0.1) is 4.91 Å². The van der Waals surface area contributed by atoms with Crippen LogP contribution in [0.1, 0.15) is 5.56 Å². The molecule has 1 saturated heterocycles. The average Bonchev–Trinajstić information content (AvgIpc) is 2.84. The number of nitrogens with zero attached hydrogens (tertiary/aromatic N) is 1. The van der Waals surface area contributed by atoms with Gasteiger partial charge in [-0.1, -0.05) is 12.1 Å². The highest BCUT2D eigenvalue weighted by molar-refractivity contribution is 14.1. The standard InChI is InChI=1S/C18H13IN2O4S/c19-12-4-6-13(7-5-12)20-16(23)10-21-17(24)15(26-18(21)25)9-11-2-1-3-14(22)8-11/h1-9,22H,10H2,(H,20,23)/b15-9+. The lowest BCUT2D eigenvalue weighted by atomic mass is 10.2. The van der Waals surface area contributed by atoms with Crippen LogP contribution in [0.5, 0.6) is 5.75 Å². The highest BCUT2D eigenvalue weighted by atomic mass is 127. The van der Waals surface area contributed by atoms with Gasteiger partial charge in [-0.3, -0.25) is 19.3 Å². The molecule has 132 valence electrons. The van der Waals surface area contributed by atoms with Gasteiger partial charge in [-0.05, 0) is 82.4 Å². The molecule has 0 aliphatic carbocycles. The molecule has 1 aliphatic rings.